The van der Waals surface area contributed by atoms with E-state index >= 15 is 0 Å². The van der Waals surface area contributed by atoms with Crippen LogP contribution in [-0.2, 0) is 6.42 Å². The van der Waals surface area contributed by atoms with E-state index in [1.54, 1.807) is 24.7 Å². The highest BCUT2D eigenvalue weighted by Crippen LogP contribution is 2.16. The Bertz CT molecular complexity index is 581. The molecule has 4 nitrogen and oxygen atoms in total. The molecular formula is C12H9N3O. The Morgan fingerprint density at radius 3 is 3.00 bits per heavy atom. The minimum absolute atomic E-state index is 0.115. The Hall–Kier alpha value is -2.41. The predicted octanol–water partition coefficient (Wildman–Crippen LogP) is 1.50. The molecule has 0 fully saturated rings. The summed E-state index contributed by atoms with van der Waals surface area (Å²) >= 11 is 0. The molecule has 0 bridgehead atoms. The summed E-state index contributed by atoms with van der Waals surface area (Å²) < 4.78 is 0. The quantitative estimate of drug-likeness (QED) is 0.818. The van der Waals surface area contributed by atoms with Crippen LogP contribution in [0.1, 0.15) is 5.56 Å². The van der Waals surface area contributed by atoms with Crippen molar-refractivity contribution in [3.63, 3.8) is 0 Å². The van der Waals surface area contributed by atoms with Gasteiger partial charge in [-0.25, -0.2) is 0 Å². The second-order valence-electron chi connectivity index (χ2n) is 3.32. The van der Waals surface area contributed by atoms with Gasteiger partial charge in [-0.2, -0.15) is 5.26 Å². The average Bonchev–Trinajstić information content (AvgIpc) is 2.33. The molecule has 2 aromatic heterocycles. The van der Waals surface area contributed by atoms with Crippen molar-refractivity contribution in [1.82, 2.24) is 9.97 Å². The van der Waals surface area contributed by atoms with Crippen molar-refractivity contribution in [3.05, 3.63) is 52.7 Å². The van der Waals surface area contributed by atoms with Crippen molar-refractivity contribution in [2.75, 3.05) is 0 Å². The van der Waals surface area contributed by atoms with Crippen molar-refractivity contribution in [2.45, 2.75) is 6.42 Å². The molecule has 0 atom stereocenters. The van der Waals surface area contributed by atoms with Crippen molar-refractivity contribution in [3.8, 4) is 17.2 Å². The third-order valence-electron chi connectivity index (χ3n) is 2.24. The van der Waals surface area contributed by atoms with Crippen LogP contribution in [0.2, 0.25) is 0 Å². The van der Waals surface area contributed by atoms with Gasteiger partial charge in [0.2, 0.25) is 0 Å². The molecule has 0 saturated heterocycles. The number of aromatic nitrogens is 2. The van der Waals surface area contributed by atoms with Gasteiger partial charge in [0.1, 0.15) is 0 Å². The summed E-state index contributed by atoms with van der Waals surface area (Å²) in [4.78, 5) is 18.0. The first-order valence-corrected chi connectivity index (χ1v) is 4.80. The normalized spacial score (nSPS) is 9.69. The van der Waals surface area contributed by atoms with Crippen molar-refractivity contribution >= 4 is 0 Å². The maximum absolute atomic E-state index is 11.4. The van der Waals surface area contributed by atoms with Crippen molar-refractivity contribution < 1.29 is 0 Å². The summed E-state index contributed by atoms with van der Waals surface area (Å²) in [6.45, 7) is 0. The molecule has 78 valence electrons. The highest BCUT2D eigenvalue weighted by atomic mass is 16.1. The summed E-state index contributed by atoms with van der Waals surface area (Å²) in [5, 5.41) is 8.59. The van der Waals surface area contributed by atoms with Crippen LogP contribution in [0.25, 0.3) is 11.1 Å². The van der Waals surface area contributed by atoms with E-state index in [1.165, 1.54) is 0 Å². The fraction of sp³-hybridized carbons (Fsp3) is 0.0833. The first kappa shape index (κ1) is 10.1. The lowest BCUT2D eigenvalue weighted by molar-refractivity contribution is 1.13. The fourth-order valence-corrected chi connectivity index (χ4v) is 1.45. The molecule has 0 unspecified atom stereocenters. The van der Waals surface area contributed by atoms with Gasteiger partial charge in [0.25, 0.3) is 5.56 Å². The largest absolute Gasteiger partial charge is 0.328 e. The minimum atomic E-state index is -0.214. The van der Waals surface area contributed by atoms with Crippen LogP contribution in [0, 0.1) is 11.3 Å². The maximum Gasteiger partial charge on any atom is 0.252 e. The molecule has 0 amide bonds. The number of hydrogen-bond donors (Lipinski definition) is 1. The first-order valence-electron chi connectivity index (χ1n) is 4.80. The Labute approximate surface area is 92.2 Å². The van der Waals surface area contributed by atoms with Gasteiger partial charge in [0, 0.05) is 29.7 Å². The zero-order valence-electron chi connectivity index (χ0n) is 8.47. The third kappa shape index (κ3) is 1.98. The summed E-state index contributed by atoms with van der Waals surface area (Å²) in [6, 6.07) is 7.41. The van der Waals surface area contributed by atoms with E-state index in [9.17, 15) is 4.79 Å². The van der Waals surface area contributed by atoms with Crippen LogP contribution in [0.5, 0.6) is 0 Å². The molecule has 2 aromatic rings. The molecule has 0 spiro atoms. The van der Waals surface area contributed by atoms with Gasteiger partial charge in [-0.15, -0.1) is 0 Å². The van der Waals surface area contributed by atoms with E-state index in [0.717, 1.165) is 11.1 Å². The number of rotatable bonds is 2. The lowest BCUT2D eigenvalue weighted by atomic mass is 10.1. The molecule has 0 saturated carbocycles. The Balaban J connectivity index is 2.49. The minimum Gasteiger partial charge on any atom is -0.328 e. The van der Waals surface area contributed by atoms with Crippen molar-refractivity contribution in [2.24, 2.45) is 0 Å². The molecule has 2 heterocycles. The van der Waals surface area contributed by atoms with Crippen LogP contribution in [0.3, 0.4) is 0 Å². The molecule has 4 heteroatoms. The topological polar surface area (TPSA) is 69.5 Å². The fourth-order valence-electron chi connectivity index (χ4n) is 1.45. The number of H-pyrrole nitrogens is 1. The second-order valence-corrected chi connectivity index (χ2v) is 3.32. The lowest BCUT2D eigenvalue weighted by Crippen LogP contribution is -2.11. The van der Waals surface area contributed by atoms with Gasteiger partial charge in [0.05, 0.1) is 12.5 Å². The summed E-state index contributed by atoms with van der Waals surface area (Å²) in [7, 11) is 0. The highest BCUT2D eigenvalue weighted by molar-refractivity contribution is 5.61. The zero-order valence-corrected chi connectivity index (χ0v) is 8.47. The average molecular weight is 211 g/mol. The van der Waals surface area contributed by atoms with Gasteiger partial charge in [-0.05, 0) is 17.7 Å². The van der Waals surface area contributed by atoms with E-state index < -0.39 is 0 Å². The van der Waals surface area contributed by atoms with E-state index in [2.05, 4.69) is 9.97 Å². The van der Waals surface area contributed by atoms with Crippen molar-refractivity contribution in [1.29, 1.82) is 5.26 Å². The molecule has 0 aliphatic rings. The number of nitriles is 1. The van der Waals surface area contributed by atoms with Crippen LogP contribution in [-0.4, -0.2) is 9.97 Å². The summed E-state index contributed by atoms with van der Waals surface area (Å²) in [5.74, 6) is 0. The zero-order chi connectivity index (χ0) is 11.4. The van der Waals surface area contributed by atoms with Gasteiger partial charge in [0.15, 0.2) is 0 Å². The molecular weight excluding hydrogens is 202 g/mol. The highest BCUT2D eigenvalue weighted by Gasteiger charge is 2.03. The maximum atomic E-state index is 11.4. The molecule has 0 aliphatic carbocycles. The van der Waals surface area contributed by atoms with Crippen LogP contribution in [0.15, 0.2) is 41.6 Å². The number of hydrogen-bond acceptors (Lipinski definition) is 3. The van der Waals surface area contributed by atoms with E-state index in [-0.39, 0.29) is 12.0 Å². The van der Waals surface area contributed by atoms with Crippen LogP contribution in [0.4, 0.5) is 0 Å². The molecule has 2 rings (SSSR count). The van der Waals surface area contributed by atoms with E-state index in [0.29, 0.717) is 5.56 Å². The standard InChI is InChI=1S/C12H9N3O/c13-4-3-9-6-11(8-15-12(9)16)10-2-1-5-14-7-10/h1-2,5-8H,3H2,(H,15,16). The van der Waals surface area contributed by atoms with Gasteiger partial charge >= 0.3 is 0 Å². The van der Waals surface area contributed by atoms with Gasteiger partial charge in [-0.1, -0.05) is 6.07 Å². The Morgan fingerprint density at radius 2 is 2.31 bits per heavy atom. The monoisotopic (exact) mass is 211 g/mol. The molecule has 1 N–H and O–H groups in total. The van der Waals surface area contributed by atoms with Gasteiger partial charge < -0.3 is 4.98 Å². The van der Waals surface area contributed by atoms with E-state index in [4.69, 9.17) is 5.26 Å². The summed E-state index contributed by atoms with van der Waals surface area (Å²) in [6.07, 6.45) is 5.14. The molecule has 0 aliphatic heterocycles. The number of pyridine rings is 2. The predicted molar refractivity (Wildman–Crippen MR) is 59.6 cm³/mol. The Morgan fingerprint density at radius 1 is 1.44 bits per heavy atom. The molecule has 0 aromatic carbocycles. The number of aromatic amines is 1. The molecule has 16 heavy (non-hydrogen) atoms. The number of nitrogens with zero attached hydrogens (tertiary/aromatic N) is 2. The van der Waals surface area contributed by atoms with Crippen LogP contribution >= 0.6 is 0 Å². The second kappa shape index (κ2) is 4.41. The smallest absolute Gasteiger partial charge is 0.252 e. The van der Waals surface area contributed by atoms with E-state index in [1.807, 2.05) is 18.2 Å². The van der Waals surface area contributed by atoms with Gasteiger partial charge in [-0.3, -0.25) is 9.78 Å². The SMILES string of the molecule is N#CCc1cc(-c2cccnc2)c[nH]c1=O. The first-order chi connectivity index (χ1) is 7.81. The lowest BCUT2D eigenvalue weighted by Gasteiger charge is -2.01. The number of nitrogens with one attached hydrogen (secondary N) is 1. The summed E-state index contributed by atoms with van der Waals surface area (Å²) in [5.41, 5.74) is 2.04. The van der Waals surface area contributed by atoms with Crippen LogP contribution < -0.4 is 5.56 Å². The Kier molecular flexibility index (Phi) is 2.79. The molecule has 0 radical (unpaired) electrons. The third-order valence-corrected chi connectivity index (χ3v) is 2.24.